The highest BCUT2D eigenvalue weighted by Crippen LogP contribution is 2.18. The van der Waals surface area contributed by atoms with Gasteiger partial charge in [0.15, 0.2) is 0 Å². The van der Waals surface area contributed by atoms with Crippen LogP contribution in [0.4, 0.5) is 0 Å². The van der Waals surface area contributed by atoms with Gasteiger partial charge in [0, 0.05) is 18.0 Å². The highest BCUT2D eigenvalue weighted by atomic mass is 32.2. The van der Waals surface area contributed by atoms with Crippen molar-refractivity contribution < 1.29 is 0 Å². The second kappa shape index (κ2) is 6.92. The maximum atomic E-state index is 4.30. The largest absolute Gasteiger partial charge is 0.314 e. The average Bonchev–Trinajstić information content (AvgIpc) is 2.83. The molecule has 2 rings (SSSR count). The van der Waals surface area contributed by atoms with Gasteiger partial charge in [-0.15, -0.1) is 11.8 Å². The van der Waals surface area contributed by atoms with Gasteiger partial charge in [0.05, 0.1) is 5.03 Å². The molecule has 0 atom stereocenters. The molecule has 3 heteroatoms. The lowest BCUT2D eigenvalue weighted by Crippen LogP contribution is -2.27. The predicted molar refractivity (Wildman–Crippen MR) is 69.8 cm³/mol. The molecule has 1 fully saturated rings. The van der Waals surface area contributed by atoms with Gasteiger partial charge in [-0.05, 0) is 37.9 Å². The highest BCUT2D eigenvalue weighted by molar-refractivity contribution is 7.99. The summed E-state index contributed by atoms with van der Waals surface area (Å²) in [5, 5.41) is 4.78. The van der Waals surface area contributed by atoms with E-state index in [2.05, 4.69) is 16.4 Å². The molecule has 0 aliphatic heterocycles. The molecular weight excluding hydrogens is 216 g/mol. The number of pyridine rings is 1. The SMILES string of the molecule is c1ccc(SCCCNC2CCCC2)nc1. The number of rotatable bonds is 6. The van der Waals surface area contributed by atoms with Crippen LogP contribution in [0.2, 0.25) is 0 Å². The van der Waals surface area contributed by atoms with Crippen LogP contribution in [0.25, 0.3) is 0 Å². The third-order valence-corrected chi connectivity index (χ3v) is 4.03. The molecule has 0 spiro atoms. The van der Waals surface area contributed by atoms with Crippen molar-refractivity contribution in [3.63, 3.8) is 0 Å². The summed E-state index contributed by atoms with van der Waals surface area (Å²) < 4.78 is 0. The van der Waals surface area contributed by atoms with Crippen molar-refractivity contribution in [2.75, 3.05) is 12.3 Å². The zero-order valence-electron chi connectivity index (χ0n) is 9.69. The van der Waals surface area contributed by atoms with E-state index < -0.39 is 0 Å². The average molecular weight is 236 g/mol. The van der Waals surface area contributed by atoms with E-state index in [1.54, 1.807) is 0 Å². The molecule has 88 valence electrons. The van der Waals surface area contributed by atoms with Gasteiger partial charge in [0.1, 0.15) is 0 Å². The number of hydrogen-bond acceptors (Lipinski definition) is 3. The van der Waals surface area contributed by atoms with Crippen LogP contribution in [-0.4, -0.2) is 23.3 Å². The smallest absolute Gasteiger partial charge is 0.0959 e. The fourth-order valence-electron chi connectivity index (χ4n) is 2.12. The topological polar surface area (TPSA) is 24.9 Å². The summed E-state index contributed by atoms with van der Waals surface area (Å²) in [6.45, 7) is 1.16. The Labute approximate surface area is 102 Å². The van der Waals surface area contributed by atoms with Crippen molar-refractivity contribution in [1.29, 1.82) is 0 Å². The van der Waals surface area contributed by atoms with Gasteiger partial charge in [-0.1, -0.05) is 18.9 Å². The molecular formula is C13H20N2S. The molecule has 0 radical (unpaired) electrons. The highest BCUT2D eigenvalue weighted by Gasteiger charge is 2.12. The fraction of sp³-hybridized carbons (Fsp3) is 0.615. The molecule has 1 heterocycles. The van der Waals surface area contributed by atoms with Crippen LogP contribution in [0, 0.1) is 0 Å². The Bertz CT molecular complexity index is 283. The van der Waals surface area contributed by atoms with Crippen LogP contribution >= 0.6 is 11.8 Å². The fourth-order valence-corrected chi connectivity index (χ4v) is 2.93. The minimum absolute atomic E-state index is 0.805. The van der Waals surface area contributed by atoms with Crippen LogP contribution in [0.5, 0.6) is 0 Å². The zero-order valence-corrected chi connectivity index (χ0v) is 10.5. The van der Waals surface area contributed by atoms with Gasteiger partial charge in [0.25, 0.3) is 0 Å². The van der Waals surface area contributed by atoms with Gasteiger partial charge >= 0.3 is 0 Å². The Kier molecular flexibility index (Phi) is 5.16. The van der Waals surface area contributed by atoms with Crippen LogP contribution in [0.1, 0.15) is 32.1 Å². The van der Waals surface area contributed by atoms with E-state index in [4.69, 9.17) is 0 Å². The summed E-state index contributed by atoms with van der Waals surface area (Å²) in [6.07, 6.45) is 8.69. The minimum Gasteiger partial charge on any atom is -0.314 e. The van der Waals surface area contributed by atoms with E-state index in [9.17, 15) is 0 Å². The summed E-state index contributed by atoms with van der Waals surface area (Å²) in [5.41, 5.74) is 0. The van der Waals surface area contributed by atoms with Crippen molar-refractivity contribution in [3.8, 4) is 0 Å². The quantitative estimate of drug-likeness (QED) is 0.607. The molecule has 0 bridgehead atoms. The normalized spacial score (nSPS) is 16.8. The third kappa shape index (κ3) is 4.14. The molecule has 16 heavy (non-hydrogen) atoms. The van der Waals surface area contributed by atoms with Crippen molar-refractivity contribution in [2.45, 2.75) is 43.2 Å². The van der Waals surface area contributed by atoms with Crippen LogP contribution in [0.3, 0.4) is 0 Å². The summed E-state index contributed by atoms with van der Waals surface area (Å²) in [4.78, 5) is 4.30. The van der Waals surface area contributed by atoms with Gasteiger partial charge in [-0.25, -0.2) is 4.98 Å². The molecule has 2 nitrogen and oxygen atoms in total. The molecule has 0 amide bonds. The lowest BCUT2D eigenvalue weighted by atomic mass is 10.2. The lowest BCUT2D eigenvalue weighted by Gasteiger charge is -2.10. The molecule has 0 unspecified atom stereocenters. The first kappa shape index (κ1) is 11.9. The van der Waals surface area contributed by atoms with Crippen molar-refractivity contribution in [1.82, 2.24) is 10.3 Å². The lowest BCUT2D eigenvalue weighted by molar-refractivity contribution is 0.524. The molecule has 1 aliphatic rings. The van der Waals surface area contributed by atoms with Crippen LogP contribution in [-0.2, 0) is 0 Å². The zero-order chi connectivity index (χ0) is 11.1. The van der Waals surface area contributed by atoms with E-state index in [1.165, 1.54) is 32.1 Å². The minimum atomic E-state index is 0.805. The standard InChI is InChI=1S/C13H20N2S/c1-2-7-12(6-1)14-10-5-11-16-13-8-3-4-9-15-13/h3-4,8-9,12,14H,1-2,5-7,10-11H2. The van der Waals surface area contributed by atoms with Crippen LogP contribution < -0.4 is 5.32 Å². The number of thioether (sulfide) groups is 1. The first-order chi connectivity index (χ1) is 7.95. The molecule has 1 aliphatic carbocycles. The Morgan fingerprint density at radius 2 is 2.19 bits per heavy atom. The third-order valence-electron chi connectivity index (χ3n) is 3.00. The van der Waals surface area contributed by atoms with E-state index in [1.807, 2.05) is 30.1 Å². The first-order valence-corrected chi connectivity index (χ1v) is 7.21. The Morgan fingerprint density at radius 3 is 2.94 bits per heavy atom. The Hall–Kier alpha value is -0.540. The van der Waals surface area contributed by atoms with Crippen LogP contribution in [0.15, 0.2) is 29.4 Å². The monoisotopic (exact) mass is 236 g/mol. The van der Waals surface area contributed by atoms with Crippen molar-refractivity contribution >= 4 is 11.8 Å². The molecule has 0 aromatic carbocycles. The summed E-state index contributed by atoms with van der Waals surface area (Å²) in [5.74, 6) is 1.16. The number of hydrogen-bond donors (Lipinski definition) is 1. The summed E-state index contributed by atoms with van der Waals surface area (Å²) >= 11 is 1.85. The predicted octanol–water partition coefficient (Wildman–Crippen LogP) is 3.10. The molecule has 1 aromatic heterocycles. The van der Waals surface area contributed by atoms with Gasteiger partial charge in [0.2, 0.25) is 0 Å². The van der Waals surface area contributed by atoms with E-state index >= 15 is 0 Å². The van der Waals surface area contributed by atoms with Crippen molar-refractivity contribution in [3.05, 3.63) is 24.4 Å². The number of nitrogens with one attached hydrogen (secondary N) is 1. The summed E-state index contributed by atoms with van der Waals surface area (Å²) in [6, 6.07) is 6.90. The number of aromatic nitrogens is 1. The van der Waals surface area contributed by atoms with Gasteiger partial charge in [-0.2, -0.15) is 0 Å². The van der Waals surface area contributed by atoms with Gasteiger partial charge < -0.3 is 5.32 Å². The maximum absolute atomic E-state index is 4.30. The maximum Gasteiger partial charge on any atom is 0.0959 e. The molecule has 1 N–H and O–H groups in total. The molecule has 0 saturated heterocycles. The van der Waals surface area contributed by atoms with E-state index in [0.717, 1.165) is 23.4 Å². The second-order valence-electron chi connectivity index (χ2n) is 4.31. The van der Waals surface area contributed by atoms with Crippen molar-refractivity contribution in [2.24, 2.45) is 0 Å². The Balaban J connectivity index is 1.52. The van der Waals surface area contributed by atoms with E-state index in [-0.39, 0.29) is 0 Å². The second-order valence-corrected chi connectivity index (χ2v) is 5.42. The first-order valence-electron chi connectivity index (χ1n) is 6.22. The summed E-state index contributed by atoms with van der Waals surface area (Å²) in [7, 11) is 0. The molecule has 1 aromatic rings. The van der Waals surface area contributed by atoms with E-state index in [0.29, 0.717) is 0 Å². The Morgan fingerprint density at radius 1 is 1.31 bits per heavy atom. The van der Waals surface area contributed by atoms with Gasteiger partial charge in [-0.3, -0.25) is 0 Å². The number of nitrogens with zero attached hydrogens (tertiary/aromatic N) is 1. The molecule has 1 saturated carbocycles.